The van der Waals surface area contributed by atoms with Crippen LogP contribution in [0, 0.1) is 0 Å². The summed E-state index contributed by atoms with van der Waals surface area (Å²) in [5.41, 5.74) is 0. The Morgan fingerprint density at radius 2 is 1.80 bits per heavy atom. The summed E-state index contributed by atoms with van der Waals surface area (Å²) in [5, 5.41) is 0.125. The van der Waals surface area contributed by atoms with Crippen molar-refractivity contribution in [3.05, 3.63) is 29.3 Å². The summed E-state index contributed by atoms with van der Waals surface area (Å²) in [6, 6.07) is 4.87. The van der Waals surface area contributed by atoms with Crippen LogP contribution < -0.4 is 4.74 Å². The highest BCUT2D eigenvalue weighted by Crippen LogP contribution is 2.41. The molecule has 0 atom stereocenters. The molecule has 1 rings (SSSR count). The van der Waals surface area contributed by atoms with E-state index >= 15 is 0 Å². The maximum absolute atomic E-state index is 12.7. The van der Waals surface area contributed by atoms with Crippen LogP contribution in [-0.4, -0.2) is 10.0 Å². The van der Waals surface area contributed by atoms with Crippen molar-refractivity contribution in [1.82, 2.24) is 0 Å². The first kappa shape index (κ1) is 12.8. The van der Waals surface area contributed by atoms with E-state index in [1.807, 2.05) is 0 Å². The quantitative estimate of drug-likeness (QED) is 0.446. The van der Waals surface area contributed by atoms with Gasteiger partial charge in [0.1, 0.15) is 5.75 Å². The van der Waals surface area contributed by atoms with Crippen molar-refractivity contribution in [2.75, 3.05) is 0 Å². The molecule has 0 saturated carbocycles. The highest BCUT2D eigenvalue weighted by molar-refractivity contribution is 14.1. The third-order valence-corrected chi connectivity index (χ3v) is 2.24. The van der Waals surface area contributed by atoms with E-state index in [-0.39, 0.29) is 5.02 Å². The Morgan fingerprint density at radius 1 is 1.20 bits per heavy atom. The minimum Gasteiger partial charge on any atom is -0.427 e. The SMILES string of the molecule is FC(F)(I)C(F)(F)Oc1cccc(Cl)c1. The van der Waals surface area contributed by atoms with E-state index in [2.05, 4.69) is 4.74 Å². The fraction of sp³-hybridized carbons (Fsp3) is 0.250. The Morgan fingerprint density at radius 3 is 2.27 bits per heavy atom. The molecule has 0 saturated heterocycles. The lowest BCUT2D eigenvalue weighted by Gasteiger charge is -2.21. The van der Waals surface area contributed by atoms with Gasteiger partial charge in [0.05, 0.1) is 0 Å². The molecule has 1 nitrogen and oxygen atoms in total. The van der Waals surface area contributed by atoms with Crippen LogP contribution in [0.3, 0.4) is 0 Å². The summed E-state index contributed by atoms with van der Waals surface area (Å²) >= 11 is 5.79. The van der Waals surface area contributed by atoms with E-state index < -0.39 is 15.8 Å². The van der Waals surface area contributed by atoms with Gasteiger partial charge in [-0.15, -0.1) is 0 Å². The van der Waals surface area contributed by atoms with Gasteiger partial charge in [0.15, 0.2) is 0 Å². The molecule has 0 aliphatic heterocycles. The standard InChI is InChI=1S/C8H4ClF4IO/c9-5-2-1-3-6(4-5)15-8(12,13)7(10,11)14/h1-4H. The Hall–Kier alpha value is -0.240. The highest BCUT2D eigenvalue weighted by atomic mass is 127. The van der Waals surface area contributed by atoms with Crippen LogP contribution >= 0.6 is 34.2 Å². The maximum Gasteiger partial charge on any atom is 0.474 e. The van der Waals surface area contributed by atoms with Crippen LogP contribution in [0.25, 0.3) is 0 Å². The van der Waals surface area contributed by atoms with Gasteiger partial charge in [-0.3, -0.25) is 0 Å². The van der Waals surface area contributed by atoms with Gasteiger partial charge in [0, 0.05) is 27.6 Å². The second-order valence-corrected chi connectivity index (χ2v) is 4.37. The molecular formula is C8H4ClF4IO. The molecule has 0 bridgehead atoms. The van der Waals surface area contributed by atoms with Crippen molar-refractivity contribution in [2.45, 2.75) is 10.0 Å². The maximum atomic E-state index is 12.7. The highest BCUT2D eigenvalue weighted by Gasteiger charge is 2.57. The Kier molecular flexibility index (Phi) is 3.70. The van der Waals surface area contributed by atoms with Crippen LogP contribution in [0.5, 0.6) is 5.75 Å². The first-order chi connectivity index (χ1) is 6.72. The summed E-state index contributed by atoms with van der Waals surface area (Å²) in [7, 11) is 0. The predicted molar refractivity (Wildman–Crippen MR) is 56.0 cm³/mol. The van der Waals surface area contributed by atoms with Crippen molar-refractivity contribution < 1.29 is 22.3 Å². The lowest BCUT2D eigenvalue weighted by Crippen LogP contribution is -2.40. The largest absolute Gasteiger partial charge is 0.474 e. The number of hydrogen-bond donors (Lipinski definition) is 0. The monoisotopic (exact) mass is 354 g/mol. The Labute approximate surface area is 102 Å². The first-order valence-corrected chi connectivity index (χ1v) is 5.07. The number of halogens is 6. The van der Waals surface area contributed by atoms with Crippen LogP contribution in [-0.2, 0) is 0 Å². The molecule has 0 spiro atoms. The number of alkyl halides is 5. The molecule has 0 fully saturated rings. The van der Waals surface area contributed by atoms with Crippen molar-refractivity contribution in [3.63, 3.8) is 0 Å². The third kappa shape index (κ3) is 3.37. The molecule has 0 amide bonds. The summed E-state index contributed by atoms with van der Waals surface area (Å²) in [5.74, 6) is -0.413. The summed E-state index contributed by atoms with van der Waals surface area (Å²) in [6.07, 6.45) is -4.57. The van der Waals surface area contributed by atoms with E-state index in [9.17, 15) is 17.6 Å². The molecule has 0 radical (unpaired) electrons. The van der Waals surface area contributed by atoms with E-state index in [1.165, 1.54) is 12.1 Å². The Bertz CT molecular complexity index is 353. The second kappa shape index (κ2) is 4.32. The summed E-state index contributed by atoms with van der Waals surface area (Å²) < 4.78 is 49.8. The zero-order valence-corrected chi connectivity index (χ0v) is 9.90. The Balaban J connectivity index is 2.87. The zero-order valence-electron chi connectivity index (χ0n) is 6.99. The molecular weight excluding hydrogens is 350 g/mol. The molecule has 1 aromatic rings. The smallest absolute Gasteiger partial charge is 0.427 e. The molecule has 15 heavy (non-hydrogen) atoms. The fourth-order valence-corrected chi connectivity index (χ4v) is 1.03. The minimum atomic E-state index is -4.57. The number of rotatable bonds is 3. The van der Waals surface area contributed by atoms with E-state index in [0.29, 0.717) is 22.6 Å². The molecule has 0 unspecified atom stereocenters. The van der Waals surface area contributed by atoms with Crippen molar-refractivity contribution >= 4 is 34.2 Å². The zero-order chi connectivity index (χ0) is 11.7. The normalized spacial score (nSPS) is 12.7. The molecule has 0 N–H and O–H groups in total. The molecule has 1 aromatic carbocycles. The van der Waals surface area contributed by atoms with Gasteiger partial charge in [-0.05, 0) is 18.2 Å². The van der Waals surface area contributed by atoms with Crippen LogP contribution in [0.4, 0.5) is 17.6 Å². The lowest BCUT2D eigenvalue weighted by atomic mass is 10.3. The molecule has 0 aliphatic rings. The lowest BCUT2D eigenvalue weighted by molar-refractivity contribution is -0.261. The van der Waals surface area contributed by atoms with Crippen molar-refractivity contribution in [1.29, 1.82) is 0 Å². The summed E-state index contributed by atoms with van der Waals surface area (Å²) in [4.78, 5) is 0. The fourth-order valence-electron chi connectivity index (χ4n) is 0.736. The molecule has 0 heterocycles. The number of ether oxygens (including phenoxy) is 1. The van der Waals surface area contributed by atoms with Gasteiger partial charge in [0.25, 0.3) is 0 Å². The molecule has 0 aromatic heterocycles. The second-order valence-electron chi connectivity index (χ2n) is 2.57. The van der Waals surface area contributed by atoms with Gasteiger partial charge in [0.2, 0.25) is 0 Å². The molecule has 7 heteroatoms. The van der Waals surface area contributed by atoms with Gasteiger partial charge in [-0.1, -0.05) is 17.7 Å². The summed E-state index contributed by atoms with van der Waals surface area (Å²) in [6.45, 7) is 0. The number of benzene rings is 1. The minimum absolute atomic E-state index is 0.125. The van der Waals surface area contributed by atoms with Gasteiger partial charge in [-0.25, -0.2) is 0 Å². The van der Waals surface area contributed by atoms with Crippen LogP contribution in [0.1, 0.15) is 0 Å². The average Bonchev–Trinajstić information content (AvgIpc) is 2.00. The van der Waals surface area contributed by atoms with Gasteiger partial charge >= 0.3 is 10.0 Å². The van der Waals surface area contributed by atoms with E-state index in [0.717, 1.165) is 12.1 Å². The van der Waals surface area contributed by atoms with Gasteiger partial charge in [-0.2, -0.15) is 17.6 Å². The molecule has 0 aliphatic carbocycles. The van der Waals surface area contributed by atoms with E-state index in [4.69, 9.17) is 11.6 Å². The third-order valence-electron chi connectivity index (χ3n) is 1.37. The van der Waals surface area contributed by atoms with E-state index in [1.54, 1.807) is 0 Å². The van der Waals surface area contributed by atoms with Crippen molar-refractivity contribution in [3.8, 4) is 5.75 Å². The number of hydrogen-bond acceptors (Lipinski definition) is 1. The van der Waals surface area contributed by atoms with Crippen LogP contribution in [0.15, 0.2) is 24.3 Å². The van der Waals surface area contributed by atoms with Crippen LogP contribution in [0.2, 0.25) is 5.02 Å². The molecule has 84 valence electrons. The van der Waals surface area contributed by atoms with Crippen molar-refractivity contribution in [2.24, 2.45) is 0 Å². The first-order valence-electron chi connectivity index (χ1n) is 3.61. The topological polar surface area (TPSA) is 9.23 Å². The predicted octanol–water partition coefficient (Wildman–Crippen LogP) is 4.34. The average molecular weight is 354 g/mol. The van der Waals surface area contributed by atoms with Gasteiger partial charge < -0.3 is 4.74 Å².